The third kappa shape index (κ3) is 1.65. The largest absolute Gasteiger partial charge is 0.410 e. The van der Waals surface area contributed by atoms with Gasteiger partial charge in [0.15, 0.2) is 11.6 Å². The Balaban J connectivity index is 2.39. The number of hydrogen-bond acceptors (Lipinski definition) is 6. The van der Waals surface area contributed by atoms with Gasteiger partial charge < -0.3 is 16.7 Å². The zero-order valence-corrected chi connectivity index (χ0v) is 8.16. The Morgan fingerprint density at radius 2 is 2.12 bits per heavy atom. The maximum Gasteiger partial charge on any atom is 0.189 e. The maximum absolute atomic E-state index is 11.0. The van der Waals surface area contributed by atoms with Gasteiger partial charge in [0.1, 0.15) is 5.69 Å². The van der Waals surface area contributed by atoms with E-state index in [-0.39, 0.29) is 23.0 Å². The number of carbonyl (C=O) groups is 1. The second kappa shape index (κ2) is 3.54. The number of nitrogens with two attached hydrogens (primary N) is 2. The van der Waals surface area contributed by atoms with Crippen LogP contribution in [-0.2, 0) is 4.79 Å². The van der Waals surface area contributed by atoms with Crippen LogP contribution in [0.4, 0.5) is 11.5 Å². The van der Waals surface area contributed by atoms with Gasteiger partial charge in [0, 0.05) is 6.08 Å². The molecule has 0 bridgehead atoms. The van der Waals surface area contributed by atoms with Gasteiger partial charge in [-0.25, -0.2) is 4.99 Å². The molecule has 0 saturated heterocycles. The number of nitrogen functional groups attached to an aromatic ring is 1. The molecule has 16 heavy (non-hydrogen) atoms. The summed E-state index contributed by atoms with van der Waals surface area (Å²) in [7, 11) is 0. The highest BCUT2D eigenvalue weighted by atomic mass is 16.5. The first-order chi connectivity index (χ1) is 7.58. The molecule has 0 unspecified atom stereocenters. The summed E-state index contributed by atoms with van der Waals surface area (Å²) in [6.45, 7) is 0. The van der Waals surface area contributed by atoms with Gasteiger partial charge in [-0.05, 0) is 12.2 Å². The monoisotopic (exact) mass is 219 g/mol. The highest BCUT2D eigenvalue weighted by Gasteiger charge is 2.11. The zero-order chi connectivity index (χ0) is 11.7. The van der Waals surface area contributed by atoms with Crippen molar-refractivity contribution in [2.75, 3.05) is 5.73 Å². The Morgan fingerprint density at radius 1 is 1.38 bits per heavy atom. The first-order valence-electron chi connectivity index (χ1n) is 4.39. The lowest BCUT2D eigenvalue weighted by Gasteiger charge is -2.04. The first kappa shape index (κ1) is 9.97. The quantitative estimate of drug-likeness (QED) is 0.444. The van der Waals surface area contributed by atoms with E-state index in [1.54, 1.807) is 0 Å². The van der Waals surface area contributed by atoms with E-state index in [2.05, 4.69) is 10.1 Å². The number of aromatic nitrogens is 2. The second-order valence-electron chi connectivity index (χ2n) is 3.14. The molecule has 0 aromatic carbocycles. The first-order valence-corrected chi connectivity index (χ1v) is 4.39. The van der Waals surface area contributed by atoms with Gasteiger partial charge in [-0.2, -0.15) is 0 Å². The fraction of sp³-hybridized carbons (Fsp3) is 0. The van der Waals surface area contributed by atoms with Crippen molar-refractivity contribution in [3.8, 4) is 0 Å². The summed E-state index contributed by atoms with van der Waals surface area (Å²) < 4.78 is 0. The summed E-state index contributed by atoms with van der Waals surface area (Å²) in [6, 6.07) is 0. The van der Waals surface area contributed by atoms with Crippen LogP contribution in [0, 0.1) is 0 Å². The lowest BCUT2D eigenvalue weighted by Crippen LogP contribution is -2.14. The summed E-state index contributed by atoms with van der Waals surface area (Å²) in [5, 5.41) is 12.6. The van der Waals surface area contributed by atoms with Crippen molar-refractivity contribution >= 4 is 23.0 Å². The summed E-state index contributed by atoms with van der Waals surface area (Å²) in [5.41, 5.74) is 12.0. The van der Waals surface area contributed by atoms with Gasteiger partial charge in [0.25, 0.3) is 0 Å². The molecule has 0 amide bonds. The second-order valence-corrected chi connectivity index (χ2v) is 3.14. The molecule has 0 radical (unpaired) electrons. The van der Waals surface area contributed by atoms with Crippen LogP contribution in [0.2, 0.25) is 0 Å². The third-order valence-corrected chi connectivity index (χ3v) is 2.01. The standard InChI is InChI=1S/C9H9N5O2/c10-6-3-5(15)1-2-7(6)13-8-4-12-14(16)9(8)11/h1-4,16H,10-11H2. The van der Waals surface area contributed by atoms with Crippen LogP contribution >= 0.6 is 0 Å². The van der Waals surface area contributed by atoms with Crippen LogP contribution in [0.5, 0.6) is 0 Å². The minimum Gasteiger partial charge on any atom is -0.410 e. The molecule has 1 aliphatic carbocycles. The summed E-state index contributed by atoms with van der Waals surface area (Å²) in [5.74, 6) is -0.187. The van der Waals surface area contributed by atoms with Crippen molar-refractivity contribution < 1.29 is 10.0 Å². The molecule has 0 fully saturated rings. The number of ketones is 1. The van der Waals surface area contributed by atoms with Crippen LogP contribution in [0.1, 0.15) is 0 Å². The predicted octanol–water partition coefficient (Wildman–Crippen LogP) is -0.243. The summed E-state index contributed by atoms with van der Waals surface area (Å²) in [4.78, 5) is 15.5. The van der Waals surface area contributed by atoms with E-state index in [1.807, 2.05) is 0 Å². The van der Waals surface area contributed by atoms with Gasteiger partial charge in [-0.1, -0.05) is 4.85 Å². The Morgan fingerprint density at radius 3 is 2.69 bits per heavy atom. The molecular formula is C9H9N5O2. The van der Waals surface area contributed by atoms with E-state index < -0.39 is 0 Å². The van der Waals surface area contributed by atoms with E-state index in [0.29, 0.717) is 10.6 Å². The number of anilines is 1. The van der Waals surface area contributed by atoms with Crippen molar-refractivity contribution in [2.45, 2.75) is 0 Å². The summed E-state index contributed by atoms with van der Waals surface area (Å²) >= 11 is 0. The van der Waals surface area contributed by atoms with Crippen molar-refractivity contribution in [1.82, 2.24) is 9.94 Å². The number of rotatable bonds is 1. The third-order valence-electron chi connectivity index (χ3n) is 2.01. The minimum atomic E-state index is -0.192. The van der Waals surface area contributed by atoms with Crippen LogP contribution in [0.3, 0.4) is 0 Å². The number of carbonyl (C=O) groups excluding carboxylic acids is 1. The molecule has 5 N–H and O–H groups in total. The SMILES string of the molecule is NC1=CC(=O)C=CC1=Nc1cnn(O)c1N. The van der Waals surface area contributed by atoms with Gasteiger partial charge >= 0.3 is 0 Å². The average molecular weight is 219 g/mol. The van der Waals surface area contributed by atoms with E-state index in [0.717, 1.165) is 0 Å². The highest BCUT2D eigenvalue weighted by Crippen LogP contribution is 2.21. The molecule has 2 rings (SSSR count). The normalized spacial score (nSPS) is 17.9. The molecule has 0 saturated carbocycles. The Hall–Kier alpha value is -2.57. The van der Waals surface area contributed by atoms with Gasteiger partial charge in [0.2, 0.25) is 0 Å². The molecular weight excluding hydrogens is 210 g/mol. The minimum absolute atomic E-state index is 0.00519. The number of allylic oxidation sites excluding steroid dienone is 3. The van der Waals surface area contributed by atoms with Gasteiger partial charge in [-0.3, -0.25) is 4.79 Å². The lowest BCUT2D eigenvalue weighted by atomic mass is 10.1. The van der Waals surface area contributed by atoms with Crippen LogP contribution in [0.25, 0.3) is 0 Å². The molecule has 1 aliphatic rings. The van der Waals surface area contributed by atoms with E-state index in [4.69, 9.17) is 16.7 Å². The van der Waals surface area contributed by atoms with Crippen molar-refractivity contribution in [3.05, 3.63) is 30.1 Å². The fourth-order valence-electron chi connectivity index (χ4n) is 1.19. The molecule has 7 heteroatoms. The Kier molecular flexibility index (Phi) is 2.20. The summed E-state index contributed by atoms with van der Waals surface area (Å²) in [6.07, 6.45) is 5.37. The smallest absolute Gasteiger partial charge is 0.189 e. The van der Waals surface area contributed by atoms with Crippen LogP contribution in [0.15, 0.2) is 35.1 Å². The molecule has 1 aromatic rings. The topological polar surface area (TPSA) is 120 Å². The van der Waals surface area contributed by atoms with Gasteiger partial charge in [0.05, 0.1) is 17.6 Å². The van der Waals surface area contributed by atoms with Crippen LogP contribution < -0.4 is 11.5 Å². The molecule has 1 aromatic heterocycles. The van der Waals surface area contributed by atoms with Gasteiger partial charge in [-0.15, -0.1) is 5.10 Å². The van der Waals surface area contributed by atoms with Crippen LogP contribution in [-0.4, -0.2) is 26.6 Å². The zero-order valence-electron chi connectivity index (χ0n) is 8.16. The van der Waals surface area contributed by atoms with E-state index in [9.17, 15) is 4.79 Å². The average Bonchev–Trinajstić information content (AvgIpc) is 2.54. The van der Waals surface area contributed by atoms with E-state index >= 15 is 0 Å². The molecule has 7 nitrogen and oxygen atoms in total. The predicted molar refractivity (Wildman–Crippen MR) is 57.3 cm³/mol. The maximum atomic E-state index is 11.0. The Labute approximate surface area is 90.3 Å². The Bertz CT molecular complexity index is 538. The van der Waals surface area contributed by atoms with E-state index in [1.165, 1.54) is 24.4 Å². The number of nitrogens with zero attached hydrogens (tertiary/aromatic N) is 3. The highest BCUT2D eigenvalue weighted by molar-refractivity contribution is 6.19. The lowest BCUT2D eigenvalue weighted by molar-refractivity contribution is -0.110. The van der Waals surface area contributed by atoms with Crippen molar-refractivity contribution in [1.29, 1.82) is 0 Å². The van der Waals surface area contributed by atoms with Crippen molar-refractivity contribution in [2.24, 2.45) is 10.7 Å². The van der Waals surface area contributed by atoms with Crippen molar-refractivity contribution in [3.63, 3.8) is 0 Å². The number of hydrogen-bond donors (Lipinski definition) is 3. The number of aliphatic imine (C=N–C) groups is 1. The molecule has 0 atom stereocenters. The molecule has 82 valence electrons. The molecule has 0 aliphatic heterocycles. The fourth-order valence-corrected chi connectivity index (χ4v) is 1.19. The molecule has 0 spiro atoms. The molecule has 1 heterocycles.